The van der Waals surface area contributed by atoms with Crippen molar-refractivity contribution in [3.63, 3.8) is 0 Å². The van der Waals surface area contributed by atoms with Crippen molar-refractivity contribution in [2.45, 2.75) is 31.2 Å². The van der Waals surface area contributed by atoms with Gasteiger partial charge in [0.25, 0.3) is 5.91 Å². The summed E-state index contributed by atoms with van der Waals surface area (Å²) in [4.78, 5) is 12.6. The molecule has 1 atom stereocenters. The maximum absolute atomic E-state index is 12.4. The first kappa shape index (κ1) is 20.7. The molecule has 1 amide bonds. The first-order chi connectivity index (χ1) is 12.8. The van der Waals surface area contributed by atoms with Crippen LogP contribution < -0.4 is 19.5 Å². The number of benzene rings is 2. The predicted molar refractivity (Wildman–Crippen MR) is 104 cm³/mol. The van der Waals surface area contributed by atoms with Crippen molar-refractivity contribution in [1.29, 1.82) is 0 Å². The molecule has 0 aliphatic carbocycles. The van der Waals surface area contributed by atoms with E-state index in [1.165, 1.54) is 26.4 Å². The Morgan fingerprint density at radius 1 is 1.04 bits per heavy atom. The van der Waals surface area contributed by atoms with Gasteiger partial charge in [0.1, 0.15) is 0 Å². The number of hydrogen-bond donors (Lipinski definition) is 2. The summed E-state index contributed by atoms with van der Waals surface area (Å²) >= 11 is 0. The van der Waals surface area contributed by atoms with Crippen molar-refractivity contribution in [1.82, 2.24) is 4.72 Å². The van der Waals surface area contributed by atoms with E-state index in [9.17, 15) is 13.2 Å². The van der Waals surface area contributed by atoms with Crippen molar-refractivity contribution in [2.75, 3.05) is 19.5 Å². The molecule has 0 spiro atoms. The molecule has 0 saturated carbocycles. The molecule has 2 N–H and O–H groups in total. The van der Waals surface area contributed by atoms with Crippen molar-refractivity contribution in [3.8, 4) is 11.5 Å². The van der Waals surface area contributed by atoms with Gasteiger partial charge >= 0.3 is 0 Å². The van der Waals surface area contributed by atoms with E-state index < -0.39 is 10.0 Å². The smallest absolute Gasteiger partial charge is 0.255 e. The second kappa shape index (κ2) is 8.88. The van der Waals surface area contributed by atoms with E-state index in [4.69, 9.17) is 9.47 Å². The monoisotopic (exact) mass is 392 g/mol. The number of amides is 1. The van der Waals surface area contributed by atoms with Crippen molar-refractivity contribution in [2.24, 2.45) is 0 Å². The zero-order valence-corrected chi connectivity index (χ0v) is 16.6. The van der Waals surface area contributed by atoms with Crippen LogP contribution in [-0.4, -0.2) is 34.6 Å². The first-order valence-corrected chi connectivity index (χ1v) is 9.94. The topological polar surface area (TPSA) is 93.7 Å². The van der Waals surface area contributed by atoms with E-state index in [-0.39, 0.29) is 16.8 Å². The number of methoxy groups -OCH3 is 2. The molecule has 2 aromatic carbocycles. The molecule has 0 fully saturated rings. The van der Waals surface area contributed by atoms with Crippen LogP contribution in [0.1, 0.15) is 30.6 Å². The Kier molecular flexibility index (Phi) is 6.81. The SMILES string of the molecule is CC[C@H](C)NS(=O)(=O)c1ccc(NC(=O)c2ccc(OC)c(OC)c2)cc1. The summed E-state index contributed by atoms with van der Waals surface area (Å²) < 4.78 is 37.5. The van der Waals surface area contributed by atoms with Crippen LogP contribution in [-0.2, 0) is 10.0 Å². The van der Waals surface area contributed by atoms with E-state index >= 15 is 0 Å². The molecule has 0 unspecified atom stereocenters. The van der Waals surface area contributed by atoms with Gasteiger partial charge in [-0.3, -0.25) is 4.79 Å². The maximum atomic E-state index is 12.4. The lowest BCUT2D eigenvalue weighted by Gasteiger charge is -2.13. The molecule has 7 nitrogen and oxygen atoms in total. The van der Waals surface area contributed by atoms with Gasteiger partial charge in [-0.05, 0) is 55.8 Å². The summed E-state index contributed by atoms with van der Waals surface area (Å²) in [6.45, 7) is 3.70. The summed E-state index contributed by atoms with van der Waals surface area (Å²) in [5.74, 6) is 0.629. The fraction of sp³-hybridized carbons (Fsp3) is 0.316. The molecule has 0 radical (unpaired) electrons. The lowest BCUT2D eigenvalue weighted by atomic mass is 10.2. The first-order valence-electron chi connectivity index (χ1n) is 8.46. The van der Waals surface area contributed by atoms with Crippen LogP contribution >= 0.6 is 0 Å². The van der Waals surface area contributed by atoms with E-state index in [2.05, 4.69) is 10.0 Å². The Balaban J connectivity index is 2.13. The van der Waals surface area contributed by atoms with Gasteiger partial charge in [-0.15, -0.1) is 0 Å². The minimum atomic E-state index is -3.58. The summed E-state index contributed by atoms with van der Waals surface area (Å²) in [6.07, 6.45) is 0.693. The van der Waals surface area contributed by atoms with Crippen molar-refractivity contribution < 1.29 is 22.7 Å². The third-order valence-electron chi connectivity index (χ3n) is 4.04. The minimum absolute atomic E-state index is 0.145. The molecular weight excluding hydrogens is 368 g/mol. The number of rotatable bonds is 8. The Hall–Kier alpha value is -2.58. The van der Waals surface area contributed by atoms with E-state index in [1.807, 2.05) is 6.92 Å². The van der Waals surface area contributed by atoms with E-state index in [0.717, 1.165) is 0 Å². The Bertz CT molecular complexity index is 895. The third kappa shape index (κ3) is 5.21. The van der Waals surface area contributed by atoms with E-state index in [1.54, 1.807) is 37.3 Å². The number of hydrogen-bond acceptors (Lipinski definition) is 5. The highest BCUT2D eigenvalue weighted by atomic mass is 32.2. The largest absolute Gasteiger partial charge is 0.493 e. The highest BCUT2D eigenvalue weighted by Gasteiger charge is 2.17. The molecule has 0 aliphatic heterocycles. The molecule has 2 rings (SSSR count). The second-order valence-corrected chi connectivity index (χ2v) is 7.69. The number of carbonyl (C=O) groups excluding carboxylic acids is 1. The molecule has 8 heteroatoms. The van der Waals surface area contributed by atoms with Crippen LogP contribution in [0.5, 0.6) is 11.5 Å². The highest BCUT2D eigenvalue weighted by molar-refractivity contribution is 7.89. The number of ether oxygens (including phenoxy) is 2. The van der Waals surface area contributed by atoms with Gasteiger partial charge in [0, 0.05) is 17.3 Å². The fourth-order valence-electron chi connectivity index (χ4n) is 2.31. The third-order valence-corrected chi connectivity index (χ3v) is 5.64. The van der Waals surface area contributed by atoms with Crippen LogP contribution in [0, 0.1) is 0 Å². The number of carbonyl (C=O) groups is 1. The summed E-state index contributed by atoms with van der Waals surface area (Å²) in [5.41, 5.74) is 0.875. The summed E-state index contributed by atoms with van der Waals surface area (Å²) in [5, 5.41) is 2.73. The molecule has 0 heterocycles. The molecule has 0 aliphatic rings. The van der Waals surface area contributed by atoms with Crippen LogP contribution in [0.2, 0.25) is 0 Å². The lowest BCUT2D eigenvalue weighted by Crippen LogP contribution is -2.31. The molecule has 0 bridgehead atoms. The average Bonchev–Trinajstić information content (AvgIpc) is 2.67. The standard InChI is InChI=1S/C19H24N2O5S/c1-5-13(2)21-27(23,24)16-9-7-15(8-10-16)20-19(22)14-6-11-17(25-3)18(12-14)26-4/h6-13,21H,5H2,1-4H3,(H,20,22)/t13-/m0/s1. The molecule has 0 aromatic heterocycles. The lowest BCUT2D eigenvalue weighted by molar-refractivity contribution is 0.102. The van der Waals surface area contributed by atoms with E-state index in [0.29, 0.717) is 29.2 Å². The summed E-state index contributed by atoms with van der Waals surface area (Å²) in [6, 6.07) is 10.7. The van der Waals surface area contributed by atoms with Crippen molar-refractivity contribution >= 4 is 21.6 Å². The molecular formula is C19H24N2O5S. The van der Waals surface area contributed by atoms with Crippen LogP contribution in [0.15, 0.2) is 47.4 Å². The molecule has 27 heavy (non-hydrogen) atoms. The fourth-order valence-corrected chi connectivity index (χ4v) is 3.64. The van der Waals surface area contributed by atoms with Crippen LogP contribution in [0.25, 0.3) is 0 Å². The quantitative estimate of drug-likeness (QED) is 0.720. The Morgan fingerprint density at radius 2 is 1.67 bits per heavy atom. The van der Waals surface area contributed by atoms with Gasteiger partial charge in [-0.2, -0.15) is 0 Å². The number of anilines is 1. The van der Waals surface area contributed by atoms with Gasteiger partial charge in [0.2, 0.25) is 10.0 Å². The van der Waals surface area contributed by atoms with Gasteiger partial charge in [-0.1, -0.05) is 6.92 Å². The second-order valence-electron chi connectivity index (χ2n) is 5.98. The normalized spacial score (nSPS) is 12.3. The Morgan fingerprint density at radius 3 is 2.22 bits per heavy atom. The molecule has 2 aromatic rings. The van der Waals surface area contributed by atoms with Crippen LogP contribution in [0.4, 0.5) is 5.69 Å². The van der Waals surface area contributed by atoms with Gasteiger partial charge in [0.15, 0.2) is 11.5 Å². The highest BCUT2D eigenvalue weighted by Crippen LogP contribution is 2.28. The number of sulfonamides is 1. The van der Waals surface area contributed by atoms with Gasteiger partial charge in [0.05, 0.1) is 19.1 Å². The summed E-state index contributed by atoms with van der Waals surface area (Å²) in [7, 11) is -0.569. The predicted octanol–water partition coefficient (Wildman–Crippen LogP) is 3.03. The maximum Gasteiger partial charge on any atom is 0.255 e. The van der Waals surface area contributed by atoms with Gasteiger partial charge < -0.3 is 14.8 Å². The zero-order chi connectivity index (χ0) is 20.0. The molecule has 146 valence electrons. The average molecular weight is 392 g/mol. The van der Waals surface area contributed by atoms with Gasteiger partial charge in [-0.25, -0.2) is 13.1 Å². The Labute approximate surface area is 159 Å². The van der Waals surface area contributed by atoms with Crippen LogP contribution in [0.3, 0.4) is 0 Å². The zero-order valence-electron chi connectivity index (χ0n) is 15.8. The van der Waals surface area contributed by atoms with Crippen molar-refractivity contribution in [3.05, 3.63) is 48.0 Å². The number of nitrogens with one attached hydrogen (secondary N) is 2. The molecule has 0 saturated heterocycles. The minimum Gasteiger partial charge on any atom is -0.493 e.